The largest absolute Gasteiger partial charge is 0.330 e. The second-order valence-corrected chi connectivity index (χ2v) is 15.1. The van der Waals surface area contributed by atoms with Gasteiger partial charge < -0.3 is 5.73 Å². The number of rotatable bonds is 36. The van der Waals surface area contributed by atoms with Crippen LogP contribution >= 0.6 is 0 Å². The summed E-state index contributed by atoms with van der Waals surface area (Å²) < 4.78 is 2.79. The molecule has 3 heteroatoms. The predicted octanol–water partition coefficient (Wildman–Crippen LogP) is 12.9. The van der Waals surface area contributed by atoms with Gasteiger partial charge in [-0.15, -0.1) is 0 Å². The van der Waals surface area contributed by atoms with Crippen molar-refractivity contribution in [3.8, 4) is 0 Å². The maximum absolute atomic E-state index is 5.98. The highest BCUT2D eigenvalue weighted by molar-refractivity contribution is 5.80. The lowest BCUT2D eigenvalue weighted by molar-refractivity contribution is -0.561. The summed E-state index contributed by atoms with van der Waals surface area (Å²) in [4.78, 5) is 0. The topological polar surface area (TPSA) is 41.1 Å². The Kier molecular flexibility index (Phi) is 31.4. The molecule has 0 spiro atoms. The molecule has 1 aliphatic rings. The summed E-state index contributed by atoms with van der Waals surface area (Å²) in [5.74, 6) is 2.24. The van der Waals surface area contributed by atoms with Crippen molar-refractivity contribution in [1.29, 1.82) is 0 Å². The average Bonchev–Trinajstić information content (AvgIpc) is 3.54. The van der Waals surface area contributed by atoms with Crippen molar-refractivity contribution in [1.82, 2.24) is 5.32 Å². The third-order valence-electron chi connectivity index (χ3n) is 10.7. The smallest absolute Gasteiger partial charge is 0.248 e. The van der Waals surface area contributed by atoms with Crippen LogP contribution in [0, 0.1) is 5.92 Å². The van der Waals surface area contributed by atoms with E-state index in [2.05, 4.69) is 30.7 Å². The number of hydrogen-bond donors (Lipinski definition) is 2. The van der Waals surface area contributed by atoms with Crippen LogP contribution in [0.2, 0.25) is 0 Å². The molecule has 2 unspecified atom stereocenters. The number of hydrogen-bond acceptors (Lipinski definition) is 2. The molecule has 3 nitrogen and oxygen atoms in total. The minimum absolute atomic E-state index is 0.672. The van der Waals surface area contributed by atoms with Crippen molar-refractivity contribution in [3.63, 3.8) is 0 Å². The molecule has 1 aliphatic heterocycles. The van der Waals surface area contributed by atoms with E-state index < -0.39 is 0 Å². The lowest BCUT2D eigenvalue weighted by Gasteiger charge is -2.20. The van der Waals surface area contributed by atoms with Crippen LogP contribution in [-0.2, 0) is 0 Å². The molecule has 3 N–H and O–H groups in total. The molecule has 0 fully saturated rings. The number of nitrogens with zero attached hydrogens (tertiary/aromatic N) is 1. The first-order valence-corrected chi connectivity index (χ1v) is 21.3. The van der Waals surface area contributed by atoms with Gasteiger partial charge in [0.25, 0.3) is 0 Å². The molecule has 0 amide bonds. The molecule has 45 heavy (non-hydrogen) atoms. The van der Waals surface area contributed by atoms with Crippen molar-refractivity contribution in [2.24, 2.45) is 11.7 Å². The Labute approximate surface area is 285 Å². The quantitative estimate of drug-likeness (QED) is 0.0533. The van der Waals surface area contributed by atoms with Crippen molar-refractivity contribution >= 4 is 5.84 Å². The Morgan fingerprint density at radius 3 is 1.20 bits per heavy atom. The van der Waals surface area contributed by atoms with E-state index in [9.17, 15) is 0 Å². The first kappa shape index (κ1) is 42.5. The van der Waals surface area contributed by atoms with E-state index in [1.807, 2.05) is 0 Å². The van der Waals surface area contributed by atoms with Crippen LogP contribution in [0.5, 0.6) is 0 Å². The Hall–Kier alpha value is -0.570. The minimum Gasteiger partial charge on any atom is -0.330 e. The maximum atomic E-state index is 5.98. The summed E-state index contributed by atoms with van der Waals surface area (Å²) in [6.07, 6.45) is 47.0. The van der Waals surface area contributed by atoms with E-state index in [4.69, 9.17) is 5.73 Å². The molecule has 0 saturated carbocycles. The van der Waals surface area contributed by atoms with Crippen LogP contribution in [0.3, 0.4) is 0 Å². The van der Waals surface area contributed by atoms with Crippen LogP contribution in [-0.4, -0.2) is 36.1 Å². The standard InChI is InChI=1S/C42H85N3/c1-4-6-8-10-12-14-16-18-20-21-23-25-27-29-31-34-40(3)42-44-38-39-45(42)41(36-33-37-43)35-32-30-28-26-24-22-19-17-15-13-11-9-7-5-2/h40-41H,4-39,43H2,1-3H3/p+1. The van der Waals surface area contributed by atoms with E-state index in [1.54, 1.807) is 5.84 Å². The zero-order chi connectivity index (χ0) is 32.5. The van der Waals surface area contributed by atoms with Gasteiger partial charge in [0, 0.05) is 0 Å². The fourth-order valence-corrected chi connectivity index (χ4v) is 7.71. The third kappa shape index (κ3) is 25.2. The second kappa shape index (κ2) is 33.3. The third-order valence-corrected chi connectivity index (χ3v) is 10.7. The van der Waals surface area contributed by atoms with Gasteiger partial charge in [-0.05, 0) is 38.6 Å². The zero-order valence-corrected chi connectivity index (χ0v) is 31.6. The van der Waals surface area contributed by atoms with Crippen LogP contribution in [0.25, 0.3) is 0 Å². The van der Waals surface area contributed by atoms with Crippen LogP contribution in [0.1, 0.15) is 233 Å². The molecule has 2 atom stereocenters. The van der Waals surface area contributed by atoms with E-state index in [1.165, 1.54) is 218 Å². The van der Waals surface area contributed by atoms with Gasteiger partial charge in [-0.2, -0.15) is 0 Å². The summed E-state index contributed by atoms with van der Waals surface area (Å²) in [6, 6.07) is 0.694. The predicted molar refractivity (Wildman–Crippen MR) is 204 cm³/mol. The molecule has 0 aromatic carbocycles. The summed E-state index contributed by atoms with van der Waals surface area (Å²) in [6.45, 7) is 10.3. The summed E-state index contributed by atoms with van der Waals surface area (Å²) in [7, 11) is 0. The van der Waals surface area contributed by atoms with Crippen LogP contribution < -0.4 is 11.1 Å². The van der Waals surface area contributed by atoms with Crippen molar-refractivity contribution in [2.45, 2.75) is 239 Å². The number of amidine groups is 1. The highest BCUT2D eigenvalue weighted by Crippen LogP contribution is 2.20. The molecule has 0 radical (unpaired) electrons. The van der Waals surface area contributed by atoms with E-state index in [0.717, 1.165) is 13.1 Å². The van der Waals surface area contributed by atoms with E-state index >= 15 is 0 Å². The monoisotopic (exact) mass is 633 g/mol. The van der Waals surface area contributed by atoms with Gasteiger partial charge in [0.1, 0.15) is 13.1 Å². The molecular formula is C42H86N3+. The van der Waals surface area contributed by atoms with Crippen LogP contribution in [0.4, 0.5) is 0 Å². The SMILES string of the molecule is CCCCCCCCCCCCCCCCCC(C)C1=[N+](C(CCCN)CCCCCCCCCCCCCCCC)CCN1. The molecule has 0 aliphatic carbocycles. The number of unbranched alkanes of at least 4 members (excludes halogenated alkanes) is 27. The first-order valence-electron chi connectivity index (χ1n) is 21.3. The highest BCUT2D eigenvalue weighted by Gasteiger charge is 2.30. The molecular weight excluding hydrogens is 546 g/mol. The van der Waals surface area contributed by atoms with Crippen LogP contribution in [0.15, 0.2) is 0 Å². The van der Waals surface area contributed by atoms with Gasteiger partial charge >= 0.3 is 0 Å². The van der Waals surface area contributed by atoms with Gasteiger partial charge in [-0.1, -0.05) is 201 Å². The van der Waals surface area contributed by atoms with Gasteiger partial charge in [-0.25, -0.2) is 0 Å². The lowest BCUT2D eigenvalue weighted by atomic mass is 9.98. The van der Waals surface area contributed by atoms with Gasteiger partial charge in [0.2, 0.25) is 5.84 Å². The fraction of sp³-hybridized carbons (Fsp3) is 0.976. The maximum Gasteiger partial charge on any atom is 0.248 e. The molecule has 1 heterocycles. The Bertz CT molecular complexity index is 629. The summed E-state index contributed by atoms with van der Waals surface area (Å²) in [5, 5.41) is 3.83. The molecule has 0 bridgehead atoms. The van der Waals surface area contributed by atoms with E-state index in [-0.39, 0.29) is 0 Å². The fourth-order valence-electron chi connectivity index (χ4n) is 7.71. The highest BCUT2D eigenvalue weighted by atomic mass is 15.2. The average molecular weight is 633 g/mol. The minimum atomic E-state index is 0.672. The second-order valence-electron chi connectivity index (χ2n) is 15.1. The van der Waals surface area contributed by atoms with Crippen molar-refractivity contribution in [2.75, 3.05) is 19.6 Å². The Morgan fingerprint density at radius 1 is 0.489 bits per heavy atom. The van der Waals surface area contributed by atoms with Gasteiger partial charge in [0.05, 0.1) is 12.0 Å². The molecule has 0 aromatic rings. The van der Waals surface area contributed by atoms with Gasteiger partial charge in [0.15, 0.2) is 0 Å². The normalized spacial score (nSPS) is 14.8. The van der Waals surface area contributed by atoms with Gasteiger partial charge in [-0.3, -0.25) is 9.89 Å². The van der Waals surface area contributed by atoms with Crippen molar-refractivity contribution in [3.05, 3.63) is 0 Å². The Balaban J connectivity index is 2.14. The van der Waals surface area contributed by atoms with E-state index in [0.29, 0.717) is 12.0 Å². The molecule has 268 valence electrons. The number of nitrogens with two attached hydrogens (primary N) is 1. The first-order chi connectivity index (χ1) is 22.2. The molecule has 0 aromatic heterocycles. The zero-order valence-electron chi connectivity index (χ0n) is 31.6. The van der Waals surface area contributed by atoms with Crippen molar-refractivity contribution < 1.29 is 4.58 Å². The summed E-state index contributed by atoms with van der Waals surface area (Å²) in [5.41, 5.74) is 5.98. The molecule has 1 rings (SSSR count). The number of nitrogens with one attached hydrogen (secondary N) is 1. The Morgan fingerprint density at radius 2 is 0.822 bits per heavy atom. The lowest BCUT2D eigenvalue weighted by Crippen LogP contribution is -2.35. The summed E-state index contributed by atoms with van der Waals surface area (Å²) >= 11 is 0. The molecule has 0 saturated heterocycles.